The first-order valence-corrected chi connectivity index (χ1v) is 5.71. The van der Waals surface area contributed by atoms with Crippen molar-refractivity contribution in [2.24, 2.45) is 0 Å². The molecular weight excluding hydrogens is 206 g/mol. The Bertz CT molecular complexity index is 583. The van der Waals surface area contributed by atoms with Gasteiger partial charge in [0.15, 0.2) is 0 Å². The molecule has 0 bridgehead atoms. The third kappa shape index (κ3) is 1.94. The van der Waals surface area contributed by atoms with Crippen LogP contribution in [0, 0.1) is 32.1 Å². The molecule has 0 aliphatic carbocycles. The smallest absolute Gasteiger partial charge is 0.0998 e. The lowest BCUT2D eigenvalue weighted by Crippen LogP contribution is -1.94. The molecule has 0 atom stereocenters. The van der Waals surface area contributed by atoms with Crippen molar-refractivity contribution in [2.75, 3.05) is 0 Å². The summed E-state index contributed by atoms with van der Waals surface area (Å²) >= 11 is 0. The summed E-state index contributed by atoms with van der Waals surface area (Å²) in [5.74, 6) is 0. The molecule has 0 heterocycles. The van der Waals surface area contributed by atoms with Crippen molar-refractivity contribution in [1.82, 2.24) is 0 Å². The summed E-state index contributed by atoms with van der Waals surface area (Å²) in [6.45, 7) is 6.24. The van der Waals surface area contributed by atoms with Gasteiger partial charge in [-0.05, 0) is 49.1 Å². The SMILES string of the molecule is Cc1cccc(C)c1-c1c(C)cccc1C#N. The number of hydrogen-bond donors (Lipinski definition) is 0. The molecule has 2 aromatic carbocycles. The van der Waals surface area contributed by atoms with Crippen molar-refractivity contribution in [3.63, 3.8) is 0 Å². The largest absolute Gasteiger partial charge is 0.192 e. The molecule has 0 N–H and O–H groups in total. The average molecular weight is 221 g/mol. The normalized spacial score (nSPS) is 10.0. The van der Waals surface area contributed by atoms with Gasteiger partial charge in [0.1, 0.15) is 0 Å². The fraction of sp³-hybridized carbons (Fsp3) is 0.188. The Kier molecular flexibility index (Phi) is 2.97. The molecule has 0 saturated carbocycles. The topological polar surface area (TPSA) is 23.8 Å². The molecule has 1 nitrogen and oxygen atoms in total. The minimum Gasteiger partial charge on any atom is -0.192 e. The van der Waals surface area contributed by atoms with Crippen LogP contribution < -0.4 is 0 Å². The van der Waals surface area contributed by atoms with Crippen LogP contribution in [0.4, 0.5) is 0 Å². The minimum absolute atomic E-state index is 0.752. The first-order valence-electron chi connectivity index (χ1n) is 5.71. The Labute approximate surface area is 102 Å². The summed E-state index contributed by atoms with van der Waals surface area (Å²) in [6.07, 6.45) is 0. The quantitative estimate of drug-likeness (QED) is 0.709. The lowest BCUT2D eigenvalue weighted by molar-refractivity contribution is 1.34. The lowest BCUT2D eigenvalue weighted by atomic mass is 9.89. The predicted molar refractivity (Wildman–Crippen MR) is 70.8 cm³/mol. The first-order chi connectivity index (χ1) is 8.15. The van der Waals surface area contributed by atoms with Crippen LogP contribution >= 0.6 is 0 Å². The van der Waals surface area contributed by atoms with E-state index in [1.807, 2.05) is 12.1 Å². The highest BCUT2D eigenvalue weighted by molar-refractivity contribution is 5.78. The molecular formula is C16H15N. The highest BCUT2D eigenvalue weighted by atomic mass is 14.3. The molecule has 0 spiro atoms. The fourth-order valence-electron chi connectivity index (χ4n) is 2.30. The van der Waals surface area contributed by atoms with E-state index < -0.39 is 0 Å². The van der Waals surface area contributed by atoms with E-state index >= 15 is 0 Å². The second-order valence-corrected chi connectivity index (χ2v) is 4.38. The Morgan fingerprint density at radius 2 is 1.24 bits per heavy atom. The second-order valence-electron chi connectivity index (χ2n) is 4.38. The number of aryl methyl sites for hydroxylation is 3. The molecule has 0 saturated heterocycles. The highest BCUT2D eigenvalue weighted by Gasteiger charge is 2.12. The number of nitriles is 1. The van der Waals surface area contributed by atoms with Crippen LogP contribution in [0.1, 0.15) is 22.3 Å². The maximum Gasteiger partial charge on any atom is 0.0998 e. The highest BCUT2D eigenvalue weighted by Crippen LogP contribution is 2.32. The molecule has 0 aliphatic rings. The molecule has 0 unspecified atom stereocenters. The predicted octanol–water partition coefficient (Wildman–Crippen LogP) is 4.15. The van der Waals surface area contributed by atoms with Crippen molar-refractivity contribution in [1.29, 1.82) is 5.26 Å². The van der Waals surface area contributed by atoms with E-state index in [0.29, 0.717) is 0 Å². The van der Waals surface area contributed by atoms with E-state index in [-0.39, 0.29) is 0 Å². The second kappa shape index (κ2) is 4.43. The summed E-state index contributed by atoms with van der Waals surface area (Å²) < 4.78 is 0. The van der Waals surface area contributed by atoms with Crippen LogP contribution in [0.25, 0.3) is 11.1 Å². The Balaban J connectivity index is 2.82. The van der Waals surface area contributed by atoms with Crippen LogP contribution in [0.5, 0.6) is 0 Å². The van der Waals surface area contributed by atoms with Crippen molar-refractivity contribution in [3.05, 3.63) is 58.7 Å². The molecule has 2 rings (SSSR count). The standard InChI is InChI=1S/C16H15N/c1-11-6-4-7-12(2)15(11)16-13(3)8-5-9-14(16)10-17/h4-9H,1-3H3. The van der Waals surface area contributed by atoms with Gasteiger partial charge in [0.25, 0.3) is 0 Å². The van der Waals surface area contributed by atoms with E-state index in [1.165, 1.54) is 16.7 Å². The number of rotatable bonds is 1. The van der Waals surface area contributed by atoms with E-state index in [4.69, 9.17) is 0 Å². The van der Waals surface area contributed by atoms with Crippen LogP contribution in [0.2, 0.25) is 0 Å². The summed E-state index contributed by atoms with van der Waals surface area (Å²) in [6, 6.07) is 14.4. The number of benzene rings is 2. The van der Waals surface area contributed by atoms with Gasteiger partial charge < -0.3 is 0 Å². The van der Waals surface area contributed by atoms with Gasteiger partial charge in [0.2, 0.25) is 0 Å². The Morgan fingerprint density at radius 3 is 1.76 bits per heavy atom. The van der Waals surface area contributed by atoms with Crippen LogP contribution in [-0.4, -0.2) is 0 Å². The molecule has 0 aliphatic heterocycles. The Hall–Kier alpha value is -2.07. The third-order valence-electron chi connectivity index (χ3n) is 3.12. The zero-order chi connectivity index (χ0) is 12.4. The van der Waals surface area contributed by atoms with Crippen LogP contribution in [-0.2, 0) is 0 Å². The average Bonchev–Trinajstić information content (AvgIpc) is 2.30. The summed E-state index contributed by atoms with van der Waals surface area (Å²) in [7, 11) is 0. The van der Waals surface area contributed by atoms with Crippen LogP contribution in [0.15, 0.2) is 36.4 Å². The van der Waals surface area contributed by atoms with Crippen molar-refractivity contribution in [2.45, 2.75) is 20.8 Å². The van der Waals surface area contributed by atoms with E-state index in [1.54, 1.807) is 0 Å². The fourth-order valence-corrected chi connectivity index (χ4v) is 2.30. The van der Waals surface area contributed by atoms with Gasteiger partial charge in [-0.2, -0.15) is 5.26 Å². The van der Waals surface area contributed by atoms with Gasteiger partial charge in [-0.3, -0.25) is 0 Å². The van der Waals surface area contributed by atoms with Crippen molar-refractivity contribution >= 4 is 0 Å². The maximum atomic E-state index is 9.24. The van der Waals surface area contributed by atoms with Gasteiger partial charge in [-0.25, -0.2) is 0 Å². The Morgan fingerprint density at radius 1 is 0.765 bits per heavy atom. The lowest BCUT2D eigenvalue weighted by Gasteiger charge is -2.14. The van der Waals surface area contributed by atoms with Crippen molar-refractivity contribution in [3.8, 4) is 17.2 Å². The molecule has 0 amide bonds. The van der Waals surface area contributed by atoms with E-state index in [9.17, 15) is 5.26 Å². The zero-order valence-electron chi connectivity index (χ0n) is 10.4. The maximum absolute atomic E-state index is 9.24. The van der Waals surface area contributed by atoms with Gasteiger partial charge in [0.05, 0.1) is 11.6 Å². The van der Waals surface area contributed by atoms with Gasteiger partial charge in [-0.1, -0.05) is 30.3 Å². The number of nitrogens with zero attached hydrogens (tertiary/aromatic N) is 1. The summed E-state index contributed by atoms with van der Waals surface area (Å²) in [5, 5.41) is 9.24. The van der Waals surface area contributed by atoms with E-state index in [2.05, 4.69) is 51.1 Å². The van der Waals surface area contributed by atoms with E-state index in [0.717, 1.165) is 16.7 Å². The van der Waals surface area contributed by atoms with Crippen LogP contribution in [0.3, 0.4) is 0 Å². The summed E-state index contributed by atoms with van der Waals surface area (Å²) in [4.78, 5) is 0. The monoisotopic (exact) mass is 221 g/mol. The van der Waals surface area contributed by atoms with Gasteiger partial charge in [-0.15, -0.1) is 0 Å². The van der Waals surface area contributed by atoms with Crippen molar-refractivity contribution < 1.29 is 0 Å². The summed E-state index contributed by atoms with van der Waals surface area (Å²) in [5.41, 5.74) is 6.61. The molecule has 1 heteroatoms. The molecule has 0 aromatic heterocycles. The minimum atomic E-state index is 0.752. The first kappa shape index (κ1) is 11.4. The third-order valence-corrected chi connectivity index (χ3v) is 3.12. The number of hydrogen-bond acceptors (Lipinski definition) is 1. The molecule has 0 fully saturated rings. The zero-order valence-corrected chi connectivity index (χ0v) is 10.4. The molecule has 2 aromatic rings. The molecule has 84 valence electrons. The molecule has 17 heavy (non-hydrogen) atoms. The molecule has 0 radical (unpaired) electrons. The van der Waals surface area contributed by atoms with Gasteiger partial charge in [0, 0.05) is 5.56 Å². The van der Waals surface area contributed by atoms with Gasteiger partial charge >= 0.3 is 0 Å².